The first kappa shape index (κ1) is 12.9. The van der Waals surface area contributed by atoms with Crippen LogP contribution in [0.1, 0.15) is 16.8 Å². The topological polar surface area (TPSA) is 60.9 Å². The number of nitrogen functional groups attached to an aromatic ring is 1. The van der Waals surface area contributed by atoms with Gasteiger partial charge >= 0.3 is 0 Å². The second-order valence-corrected chi connectivity index (χ2v) is 5.82. The molecule has 20 heavy (non-hydrogen) atoms. The third-order valence-electron chi connectivity index (χ3n) is 3.59. The Labute approximate surface area is 120 Å². The summed E-state index contributed by atoms with van der Waals surface area (Å²) in [7, 11) is 0. The first-order valence-electron chi connectivity index (χ1n) is 6.35. The highest BCUT2D eigenvalue weighted by atomic mass is 32.1. The minimum atomic E-state index is 0.0177. The Morgan fingerprint density at radius 2 is 2.15 bits per heavy atom. The summed E-state index contributed by atoms with van der Waals surface area (Å²) in [6, 6.07) is 3.83. The van der Waals surface area contributed by atoms with Crippen molar-refractivity contribution >= 4 is 27.1 Å². The maximum atomic E-state index is 12.4. The number of nitrogens with zero attached hydrogens (tertiary/aromatic N) is 2. The first-order valence-corrected chi connectivity index (χ1v) is 7.23. The molecule has 0 aromatic carbocycles. The lowest BCUT2D eigenvalue weighted by Gasteiger charge is -2.11. The molecule has 0 aliphatic rings. The van der Waals surface area contributed by atoms with Gasteiger partial charge in [-0.1, -0.05) is 0 Å². The summed E-state index contributed by atoms with van der Waals surface area (Å²) in [4.78, 5) is 16.8. The monoisotopic (exact) mass is 285 g/mol. The molecule has 0 radical (unpaired) electrons. The Kier molecular flexibility index (Phi) is 3.06. The van der Waals surface area contributed by atoms with Crippen molar-refractivity contribution in [1.82, 2.24) is 9.55 Å². The molecule has 3 rings (SSSR count). The molecule has 3 aromatic heterocycles. The first-order chi connectivity index (χ1) is 9.58. The maximum absolute atomic E-state index is 12.4. The minimum absolute atomic E-state index is 0.0177. The van der Waals surface area contributed by atoms with Gasteiger partial charge in [0, 0.05) is 22.8 Å². The fraction of sp³-hybridized carbons (Fsp3) is 0.200. The molecule has 0 aliphatic heterocycles. The van der Waals surface area contributed by atoms with Gasteiger partial charge in [0.05, 0.1) is 17.6 Å². The third-order valence-corrected chi connectivity index (χ3v) is 4.47. The van der Waals surface area contributed by atoms with E-state index in [0.29, 0.717) is 6.54 Å². The Morgan fingerprint density at radius 1 is 1.35 bits per heavy atom. The van der Waals surface area contributed by atoms with Crippen LogP contribution in [0.3, 0.4) is 0 Å². The van der Waals surface area contributed by atoms with E-state index in [9.17, 15) is 4.79 Å². The zero-order chi connectivity index (χ0) is 14.3. The molecule has 102 valence electrons. The molecule has 0 saturated heterocycles. The van der Waals surface area contributed by atoms with Crippen LogP contribution in [-0.4, -0.2) is 9.55 Å². The van der Waals surface area contributed by atoms with Crippen molar-refractivity contribution in [3.05, 3.63) is 57.1 Å². The lowest BCUT2D eigenvalue weighted by atomic mass is 10.1. The lowest BCUT2D eigenvalue weighted by molar-refractivity contribution is 0.742. The predicted molar refractivity (Wildman–Crippen MR) is 83.3 cm³/mol. The molecule has 4 nitrogen and oxygen atoms in total. The van der Waals surface area contributed by atoms with Crippen LogP contribution in [0.15, 0.2) is 34.7 Å². The molecule has 3 heterocycles. The predicted octanol–water partition coefficient (Wildman–Crippen LogP) is 2.71. The van der Waals surface area contributed by atoms with E-state index in [-0.39, 0.29) is 5.56 Å². The van der Waals surface area contributed by atoms with E-state index in [1.54, 1.807) is 22.1 Å². The Hall–Kier alpha value is -2.14. The summed E-state index contributed by atoms with van der Waals surface area (Å²) in [5, 5.41) is 2.69. The molecular weight excluding hydrogens is 270 g/mol. The number of nitrogens with two attached hydrogens (primary N) is 1. The van der Waals surface area contributed by atoms with Crippen LogP contribution in [0.5, 0.6) is 0 Å². The van der Waals surface area contributed by atoms with Crippen molar-refractivity contribution < 1.29 is 0 Å². The van der Waals surface area contributed by atoms with Crippen molar-refractivity contribution in [1.29, 1.82) is 0 Å². The SMILES string of the molecule is Cc1cnc(Cn2ccc3sccc3c2=O)c(C)c1N. The molecule has 0 amide bonds. The van der Waals surface area contributed by atoms with Gasteiger partial charge in [0.15, 0.2) is 0 Å². The number of aryl methyl sites for hydroxylation is 1. The average Bonchev–Trinajstić information content (AvgIpc) is 2.91. The number of rotatable bonds is 2. The summed E-state index contributed by atoms with van der Waals surface area (Å²) in [6.07, 6.45) is 3.57. The van der Waals surface area contributed by atoms with Crippen LogP contribution in [0.25, 0.3) is 10.1 Å². The van der Waals surface area contributed by atoms with Crippen molar-refractivity contribution in [2.75, 3.05) is 5.73 Å². The second kappa shape index (κ2) is 4.76. The molecule has 5 heteroatoms. The third kappa shape index (κ3) is 2.00. The number of thiophene rings is 1. The summed E-state index contributed by atoms with van der Waals surface area (Å²) < 4.78 is 2.69. The summed E-state index contributed by atoms with van der Waals surface area (Å²) in [5.41, 5.74) is 9.54. The fourth-order valence-corrected chi connectivity index (χ4v) is 3.02. The quantitative estimate of drug-likeness (QED) is 0.787. The van der Waals surface area contributed by atoms with Crippen LogP contribution in [-0.2, 0) is 6.54 Å². The van der Waals surface area contributed by atoms with Gasteiger partial charge in [0.25, 0.3) is 5.56 Å². The van der Waals surface area contributed by atoms with Gasteiger partial charge in [-0.15, -0.1) is 11.3 Å². The van der Waals surface area contributed by atoms with Gasteiger partial charge in [0.1, 0.15) is 0 Å². The summed E-state index contributed by atoms with van der Waals surface area (Å²) >= 11 is 1.58. The molecule has 3 aromatic rings. The number of anilines is 1. The average molecular weight is 285 g/mol. The fourth-order valence-electron chi connectivity index (χ4n) is 2.24. The van der Waals surface area contributed by atoms with Crippen molar-refractivity contribution in [3.8, 4) is 0 Å². The van der Waals surface area contributed by atoms with E-state index in [1.165, 1.54) is 0 Å². The van der Waals surface area contributed by atoms with Gasteiger partial charge < -0.3 is 10.3 Å². The van der Waals surface area contributed by atoms with Crippen LogP contribution < -0.4 is 11.3 Å². The van der Waals surface area contributed by atoms with E-state index >= 15 is 0 Å². The second-order valence-electron chi connectivity index (χ2n) is 4.87. The minimum Gasteiger partial charge on any atom is -0.398 e. The molecule has 2 N–H and O–H groups in total. The molecule has 0 spiro atoms. The largest absolute Gasteiger partial charge is 0.398 e. The molecule has 0 saturated carbocycles. The number of fused-ring (bicyclic) bond motifs is 1. The van der Waals surface area contributed by atoms with E-state index < -0.39 is 0 Å². The smallest absolute Gasteiger partial charge is 0.259 e. The zero-order valence-corrected chi connectivity index (χ0v) is 12.2. The van der Waals surface area contributed by atoms with Gasteiger partial charge in [-0.3, -0.25) is 9.78 Å². The maximum Gasteiger partial charge on any atom is 0.259 e. The van der Waals surface area contributed by atoms with Crippen LogP contribution in [0.2, 0.25) is 0 Å². The van der Waals surface area contributed by atoms with Gasteiger partial charge in [-0.05, 0) is 42.5 Å². The van der Waals surface area contributed by atoms with Crippen molar-refractivity contribution in [2.24, 2.45) is 0 Å². The highest BCUT2D eigenvalue weighted by molar-refractivity contribution is 7.17. The number of aromatic nitrogens is 2. The number of pyridine rings is 2. The standard InChI is InChI=1S/C15H15N3OS/c1-9-7-17-12(10(2)14(9)16)8-18-5-3-13-11(15(18)19)4-6-20-13/h3-7H,8H2,1-2H3,(H2,16,17). The van der Waals surface area contributed by atoms with Crippen molar-refractivity contribution in [2.45, 2.75) is 20.4 Å². The summed E-state index contributed by atoms with van der Waals surface area (Å²) in [6.45, 7) is 4.32. The van der Waals surface area contributed by atoms with E-state index in [1.807, 2.05) is 37.6 Å². The van der Waals surface area contributed by atoms with Gasteiger partial charge in [-0.2, -0.15) is 0 Å². The van der Waals surface area contributed by atoms with E-state index in [2.05, 4.69) is 4.98 Å². The summed E-state index contributed by atoms with van der Waals surface area (Å²) in [5.74, 6) is 0. The number of hydrogen-bond acceptors (Lipinski definition) is 4. The van der Waals surface area contributed by atoms with Gasteiger partial charge in [0.2, 0.25) is 0 Å². The Morgan fingerprint density at radius 3 is 2.95 bits per heavy atom. The Bertz CT molecular complexity index is 848. The van der Waals surface area contributed by atoms with E-state index in [0.717, 1.165) is 32.6 Å². The van der Waals surface area contributed by atoms with Crippen LogP contribution in [0, 0.1) is 13.8 Å². The Balaban J connectivity index is 2.08. The van der Waals surface area contributed by atoms with Crippen LogP contribution >= 0.6 is 11.3 Å². The molecule has 0 fully saturated rings. The number of hydrogen-bond donors (Lipinski definition) is 1. The molecule has 0 unspecified atom stereocenters. The van der Waals surface area contributed by atoms with E-state index in [4.69, 9.17) is 5.73 Å². The van der Waals surface area contributed by atoms with Gasteiger partial charge in [-0.25, -0.2) is 0 Å². The molecule has 0 atom stereocenters. The molecule has 0 aliphatic carbocycles. The highest BCUT2D eigenvalue weighted by Gasteiger charge is 2.09. The highest BCUT2D eigenvalue weighted by Crippen LogP contribution is 2.20. The normalized spacial score (nSPS) is 11.1. The van der Waals surface area contributed by atoms with Crippen LogP contribution in [0.4, 0.5) is 5.69 Å². The lowest BCUT2D eigenvalue weighted by Crippen LogP contribution is -2.20. The zero-order valence-electron chi connectivity index (χ0n) is 11.4. The molecular formula is C15H15N3OS. The van der Waals surface area contributed by atoms with Crippen molar-refractivity contribution in [3.63, 3.8) is 0 Å². The molecule has 0 bridgehead atoms.